The van der Waals surface area contributed by atoms with Crippen molar-refractivity contribution in [3.63, 3.8) is 0 Å². The summed E-state index contributed by atoms with van der Waals surface area (Å²) in [6.07, 6.45) is 0. The third-order valence-electron chi connectivity index (χ3n) is 3.84. The van der Waals surface area contributed by atoms with Crippen LogP contribution in [0.15, 0.2) is 58.2 Å². The van der Waals surface area contributed by atoms with E-state index in [0.29, 0.717) is 39.0 Å². The van der Waals surface area contributed by atoms with E-state index < -0.39 is 0 Å². The first-order chi connectivity index (χ1) is 13.1. The van der Waals surface area contributed by atoms with E-state index in [2.05, 4.69) is 20.3 Å². The van der Waals surface area contributed by atoms with Gasteiger partial charge in [0.1, 0.15) is 5.82 Å². The number of hydrogen-bond donors (Lipinski definition) is 0. The van der Waals surface area contributed by atoms with Gasteiger partial charge in [-0.1, -0.05) is 40.7 Å². The van der Waals surface area contributed by atoms with Crippen LogP contribution in [0.5, 0.6) is 0 Å². The van der Waals surface area contributed by atoms with Gasteiger partial charge in [-0.2, -0.15) is 4.98 Å². The second-order valence-corrected chi connectivity index (χ2v) is 7.03. The zero-order valence-corrected chi connectivity index (χ0v) is 15.7. The Labute approximate surface area is 163 Å². The van der Waals surface area contributed by atoms with Gasteiger partial charge in [-0.25, -0.2) is 4.39 Å². The van der Waals surface area contributed by atoms with Crippen molar-refractivity contribution in [2.75, 3.05) is 0 Å². The van der Waals surface area contributed by atoms with E-state index in [9.17, 15) is 4.39 Å². The summed E-state index contributed by atoms with van der Waals surface area (Å²) in [5.74, 6) is 1.49. The Bertz CT molecular complexity index is 1080. The molecule has 136 valence electrons. The van der Waals surface area contributed by atoms with Crippen LogP contribution >= 0.6 is 23.4 Å². The zero-order chi connectivity index (χ0) is 18.8. The Kier molecular flexibility index (Phi) is 4.91. The minimum absolute atomic E-state index is 0.339. The predicted molar refractivity (Wildman–Crippen MR) is 101 cm³/mol. The fraction of sp³-hybridized carbons (Fsp3) is 0.111. The van der Waals surface area contributed by atoms with Crippen molar-refractivity contribution < 1.29 is 8.91 Å². The molecule has 6 nitrogen and oxygen atoms in total. The van der Waals surface area contributed by atoms with Gasteiger partial charge in [0.15, 0.2) is 11.0 Å². The molecule has 0 spiro atoms. The van der Waals surface area contributed by atoms with E-state index in [0.717, 1.165) is 5.56 Å². The Morgan fingerprint density at radius 2 is 1.89 bits per heavy atom. The Morgan fingerprint density at radius 1 is 1.11 bits per heavy atom. The summed E-state index contributed by atoms with van der Waals surface area (Å²) in [5, 5.41) is 13.5. The SMILES string of the molecule is Cn1c(SCc2nc(-c3ccc(Cl)cc3)no2)nnc1-c1ccccc1F. The van der Waals surface area contributed by atoms with E-state index in [1.54, 1.807) is 41.9 Å². The molecule has 0 radical (unpaired) electrons. The molecular formula is C18H13ClFN5OS. The lowest BCUT2D eigenvalue weighted by Gasteiger charge is -2.03. The standard InChI is InChI=1S/C18H13ClFN5OS/c1-25-17(13-4-2-3-5-14(13)20)22-23-18(25)27-10-15-21-16(24-26-15)11-6-8-12(19)9-7-11/h2-9H,10H2,1H3. The van der Waals surface area contributed by atoms with E-state index in [4.69, 9.17) is 16.1 Å². The lowest BCUT2D eigenvalue weighted by atomic mass is 10.2. The smallest absolute Gasteiger partial charge is 0.237 e. The van der Waals surface area contributed by atoms with Crippen molar-refractivity contribution >= 4 is 23.4 Å². The lowest BCUT2D eigenvalue weighted by molar-refractivity contribution is 0.391. The van der Waals surface area contributed by atoms with Crippen molar-refractivity contribution in [1.29, 1.82) is 0 Å². The van der Waals surface area contributed by atoms with E-state index >= 15 is 0 Å². The largest absolute Gasteiger partial charge is 0.338 e. The molecule has 4 rings (SSSR count). The van der Waals surface area contributed by atoms with Crippen molar-refractivity contribution in [3.05, 3.63) is 65.3 Å². The normalized spacial score (nSPS) is 11.1. The highest BCUT2D eigenvalue weighted by molar-refractivity contribution is 7.98. The van der Waals surface area contributed by atoms with Crippen LogP contribution in [-0.4, -0.2) is 24.9 Å². The quantitative estimate of drug-likeness (QED) is 0.454. The number of halogens is 2. The fourth-order valence-electron chi connectivity index (χ4n) is 2.47. The number of benzene rings is 2. The van der Waals surface area contributed by atoms with Gasteiger partial charge in [-0.05, 0) is 36.4 Å². The van der Waals surface area contributed by atoms with Crippen molar-refractivity contribution in [1.82, 2.24) is 24.9 Å². The van der Waals surface area contributed by atoms with Gasteiger partial charge in [0.05, 0.1) is 11.3 Å². The summed E-state index contributed by atoms with van der Waals surface area (Å²) in [6.45, 7) is 0. The average Bonchev–Trinajstić information content (AvgIpc) is 3.28. The molecule has 0 saturated carbocycles. The molecule has 0 aliphatic carbocycles. The van der Waals surface area contributed by atoms with Crippen LogP contribution in [0.4, 0.5) is 4.39 Å². The molecule has 0 unspecified atom stereocenters. The highest BCUT2D eigenvalue weighted by Gasteiger charge is 2.16. The van der Waals surface area contributed by atoms with Gasteiger partial charge in [-0.3, -0.25) is 0 Å². The molecule has 2 heterocycles. The van der Waals surface area contributed by atoms with Crippen LogP contribution in [0.25, 0.3) is 22.8 Å². The van der Waals surface area contributed by atoms with Gasteiger partial charge in [0, 0.05) is 17.6 Å². The van der Waals surface area contributed by atoms with Crippen molar-refractivity contribution in [2.45, 2.75) is 10.9 Å². The summed E-state index contributed by atoms with van der Waals surface area (Å²) < 4.78 is 21.0. The van der Waals surface area contributed by atoms with Gasteiger partial charge >= 0.3 is 0 Å². The fourth-order valence-corrected chi connectivity index (χ4v) is 3.35. The van der Waals surface area contributed by atoms with Crippen LogP contribution in [0.3, 0.4) is 0 Å². The minimum Gasteiger partial charge on any atom is -0.338 e. The first-order valence-corrected chi connectivity index (χ1v) is 9.34. The summed E-state index contributed by atoms with van der Waals surface area (Å²) >= 11 is 7.27. The summed E-state index contributed by atoms with van der Waals surface area (Å²) in [5.41, 5.74) is 1.22. The van der Waals surface area contributed by atoms with Crippen molar-refractivity contribution in [3.8, 4) is 22.8 Å². The molecule has 4 aromatic rings. The Morgan fingerprint density at radius 3 is 2.67 bits per heavy atom. The molecule has 0 atom stereocenters. The van der Waals surface area contributed by atoms with Crippen LogP contribution in [0.2, 0.25) is 5.02 Å². The minimum atomic E-state index is -0.339. The molecule has 27 heavy (non-hydrogen) atoms. The Balaban J connectivity index is 1.49. The molecule has 0 N–H and O–H groups in total. The maximum Gasteiger partial charge on any atom is 0.237 e. The number of aromatic nitrogens is 5. The van der Waals surface area contributed by atoms with Gasteiger partial charge in [-0.15, -0.1) is 10.2 Å². The maximum atomic E-state index is 14.0. The van der Waals surface area contributed by atoms with E-state index in [1.165, 1.54) is 17.8 Å². The second-order valence-electron chi connectivity index (χ2n) is 5.65. The third kappa shape index (κ3) is 3.72. The lowest BCUT2D eigenvalue weighted by Crippen LogP contribution is -1.96. The number of hydrogen-bond acceptors (Lipinski definition) is 6. The number of nitrogens with zero attached hydrogens (tertiary/aromatic N) is 5. The molecule has 2 aromatic carbocycles. The van der Waals surface area contributed by atoms with Crippen LogP contribution in [0.1, 0.15) is 5.89 Å². The van der Waals surface area contributed by atoms with Crippen LogP contribution in [-0.2, 0) is 12.8 Å². The van der Waals surface area contributed by atoms with Crippen LogP contribution < -0.4 is 0 Å². The molecule has 0 amide bonds. The number of thioether (sulfide) groups is 1. The van der Waals surface area contributed by atoms with Gasteiger partial charge < -0.3 is 9.09 Å². The molecule has 2 aromatic heterocycles. The van der Waals surface area contributed by atoms with E-state index in [1.807, 2.05) is 12.1 Å². The predicted octanol–water partition coefficient (Wildman–Crippen LogP) is 4.62. The monoisotopic (exact) mass is 401 g/mol. The summed E-state index contributed by atoms with van der Waals surface area (Å²) in [4.78, 5) is 4.37. The molecule has 0 bridgehead atoms. The summed E-state index contributed by atoms with van der Waals surface area (Å²) in [6, 6.07) is 13.7. The molecule has 0 aliphatic heterocycles. The zero-order valence-electron chi connectivity index (χ0n) is 14.1. The summed E-state index contributed by atoms with van der Waals surface area (Å²) in [7, 11) is 1.79. The maximum absolute atomic E-state index is 14.0. The second kappa shape index (κ2) is 7.50. The van der Waals surface area contributed by atoms with Gasteiger partial charge in [0.2, 0.25) is 11.7 Å². The van der Waals surface area contributed by atoms with Crippen LogP contribution in [0, 0.1) is 5.82 Å². The molecule has 0 aliphatic rings. The first-order valence-electron chi connectivity index (χ1n) is 7.97. The molecule has 0 saturated heterocycles. The Hall–Kier alpha value is -2.71. The topological polar surface area (TPSA) is 69.6 Å². The highest BCUT2D eigenvalue weighted by atomic mass is 35.5. The van der Waals surface area contributed by atoms with Crippen molar-refractivity contribution in [2.24, 2.45) is 7.05 Å². The third-order valence-corrected chi connectivity index (χ3v) is 5.10. The average molecular weight is 402 g/mol. The first kappa shape index (κ1) is 17.7. The number of rotatable bonds is 5. The molecular weight excluding hydrogens is 389 g/mol. The molecule has 9 heteroatoms. The molecule has 0 fully saturated rings. The van der Waals surface area contributed by atoms with E-state index in [-0.39, 0.29) is 5.82 Å². The highest BCUT2D eigenvalue weighted by Crippen LogP contribution is 2.27. The van der Waals surface area contributed by atoms with Gasteiger partial charge in [0.25, 0.3) is 0 Å².